The Balaban J connectivity index is 1.87. The van der Waals surface area contributed by atoms with Gasteiger partial charge in [0.1, 0.15) is 0 Å². The van der Waals surface area contributed by atoms with Crippen LogP contribution in [0.2, 0.25) is 0 Å². The zero-order chi connectivity index (χ0) is 16.5. The van der Waals surface area contributed by atoms with Crippen LogP contribution in [0.25, 0.3) is 6.08 Å². The molecule has 0 aliphatic heterocycles. The van der Waals surface area contributed by atoms with E-state index >= 15 is 0 Å². The van der Waals surface area contributed by atoms with Crippen LogP contribution in [0.5, 0.6) is 0 Å². The minimum absolute atomic E-state index is 0.211. The van der Waals surface area contributed by atoms with E-state index in [2.05, 4.69) is 5.32 Å². The Morgan fingerprint density at radius 1 is 1.22 bits per heavy atom. The van der Waals surface area contributed by atoms with Crippen molar-refractivity contribution in [1.29, 1.82) is 0 Å². The molecule has 0 spiro atoms. The minimum atomic E-state index is -0.339. The number of carbonyl (C=O) groups is 2. The van der Waals surface area contributed by atoms with Crippen LogP contribution < -0.4 is 5.32 Å². The quantitative estimate of drug-likeness (QED) is 0.466. The van der Waals surface area contributed by atoms with Crippen LogP contribution in [0.1, 0.15) is 35.0 Å². The molecule has 0 aliphatic rings. The first-order chi connectivity index (χ1) is 11.2. The molecule has 0 radical (unpaired) electrons. The molecule has 2 rings (SSSR count). The highest BCUT2D eigenvalue weighted by molar-refractivity contribution is 7.10. The number of hydrogen-bond acceptors (Lipinski definition) is 4. The molecule has 0 atom stereocenters. The molecule has 1 amide bonds. The summed E-state index contributed by atoms with van der Waals surface area (Å²) in [6.07, 6.45) is 5.09. The van der Waals surface area contributed by atoms with Gasteiger partial charge < -0.3 is 10.1 Å². The van der Waals surface area contributed by atoms with Crippen molar-refractivity contribution in [2.24, 2.45) is 0 Å². The molecular weight excluding hydrogens is 310 g/mol. The normalized spacial score (nSPS) is 10.7. The van der Waals surface area contributed by atoms with Gasteiger partial charge in [0, 0.05) is 16.6 Å². The van der Waals surface area contributed by atoms with Crippen LogP contribution in [-0.4, -0.2) is 18.5 Å². The summed E-state index contributed by atoms with van der Waals surface area (Å²) in [5.41, 5.74) is 1.11. The molecule has 0 bridgehead atoms. The monoisotopic (exact) mass is 329 g/mol. The lowest BCUT2D eigenvalue weighted by Crippen LogP contribution is -2.09. The molecule has 0 saturated carbocycles. The van der Waals surface area contributed by atoms with Gasteiger partial charge in [-0.25, -0.2) is 4.79 Å². The summed E-state index contributed by atoms with van der Waals surface area (Å²) in [4.78, 5) is 24.6. The second-order valence-electron chi connectivity index (χ2n) is 4.90. The smallest absolute Gasteiger partial charge is 0.338 e. The summed E-state index contributed by atoms with van der Waals surface area (Å²) in [6.45, 7) is 2.47. The van der Waals surface area contributed by atoms with Gasteiger partial charge in [-0.3, -0.25) is 4.79 Å². The zero-order valence-corrected chi connectivity index (χ0v) is 13.8. The Hall–Kier alpha value is -2.40. The third-order valence-electron chi connectivity index (χ3n) is 3.06. The maximum atomic E-state index is 11.8. The van der Waals surface area contributed by atoms with Crippen molar-refractivity contribution in [1.82, 2.24) is 0 Å². The van der Waals surface area contributed by atoms with E-state index < -0.39 is 0 Å². The number of ether oxygens (including phenoxy) is 1. The van der Waals surface area contributed by atoms with Crippen molar-refractivity contribution >= 4 is 35.0 Å². The molecule has 0 aliphatic carbocycles. The van der Waals surface area contributed by atoms with Crippen molar-refractivity contribution in [3.8, 4) is 0 Å². The van der Waals surface area contributed by atoms with Crippen molar-refractivity contribution in [3.05, 3.63) is 58.3 Å². The highest BCUT2D eigenvalue weighted by atomic mass is 32.1. The van der Waals surface area contributed by atoms with Gasteiger partial charge in [-0.05, 0) is 48.2 Å². The van der Waals surface area contributed by atoms with Gasteiger partial charge in [0.25, 0.3) is 0 Å². The van der Waals surface area contributed by atoms with Gasteiger partial charge >= 0.3 is 5.97 Å². The summed E-state index contributed by atoms with van der Waals surface area (Å²) in [6, 6.07) is 10.5. The van der Waals surface area contributed by atoms with Crippen molar-refractivity contribution in [3.63, 3.8) is 0 Å². The Labute approximate surface area is 139 Å². The van der Waals surface area contributed by atoms with Gasteiger partial charge in [-0.1, -0.05) is 19.4 Å². The third kappa shape index (κ3) is 5.71. The van der Waals surface area contributed by atoms with E-state index in [1.165, 1.54) is 6.08 Å². The fraction of sp³-hybridized carbons (Fsp3) is 0.222. The van der Waals surface area contributed by atoms with E-state index in [9.17, 15) is 9.59 Å². The van der Waals surface area contributed by atoms with Gasteiger partial charge in [-0.2, -0.15) is 0 Å². The van der Waals surface area contributed by atoms with E-state index in [4.69, 9.17) is 4.74 Å². The predicted molar refractivity (Wildman–Crippen MR) is 93.6 cm³/mol. The Bertz CT molecular complexity index is 660. The fourth-order valence-electron chi connectivity index (χ4n) is 1.81. The fourth-order valence-corrected chi connectivity index (χ4v) is 2.43. The molecular formula is C18H19NO3S. The first-order valence-corrected chi connectivity index (χ1v) is 8.37. The number of anilines is 1. The highest BCUT2D eigenvalue weighted by Crippen LogP contribution is 2.13. The molecule has 5 heteroatoms. The number of rotatable bonds is 7. The lowest BCUT2D eigenvalue weighted by Gasteiger charge is -2.05. The van der Waals surface area contributed by atoms with Crippen LogP contribution >= 0.6 is 11.3 Å². The van der Waals surface area contributed by atoms with Crippen LogP contribution in [0.15, 0.2) is 47.9 Å². The average molecular weight is 329 g/mol. The van der Waals surface area contributed by atoms with Gasteiger partial charge in [0.2, 0.25) is 5.91 Å². The zero-order valence-electron chi connectivity index (χ0n) is 13.0. The molecule has 0 fully saturated rings. The lowest BCUT2D eigenvalue weighted by molar-refractivity contribution is -0.111. The van der Waals surface area contributed by atoms with E-state index in [0.717, 1.165) is 17.7 Å². The number of unbranched alkanes of at least 4 members (excludes halogenated alkanes) is 1. The minimum Gasteiger partial charge on any atom is -0.462 e. The molecule has 0 unspecified atom stereocenters. The van der Waals surface area contributed by atoms with E-state index in [1.54, 1.807) is 41.7 Å². The first-order valence-electron chi connectivity index (χ1n) is 7.49. The summed E-state index contributed by atoms with van der Waals surface area (Å²) in [5.74, 6) is -0.550. The maximum absolute atomic E-state index is 11.8. The second-order valence-corrected chi connectivity index (χ2v) is 5.88. The van der Waals surface area contributed by atoms with Crippen molar-refractivity contribution in [2.75, 3.05) is 11.9 Å². The van der Waals surface area contributed by atoms with Crippen LogP contribution in [0.4, 0.5) is 5.69 Å². The summed E-state index contributed by atoms with van der Waals surface area (Å²) < 4.78 is 5.13. The number of benzene rings is 1. The molecule has 23 heavy (non-hydrogen) atoms. The second kappa shape index (κ2) is 8.90. The van der Waals surface area contributed by atoms with Crippen molar-refractivity contribution in [2.45, 2.75) is 19.8 Å². The standard InChI is InChI=1S/C18H19NO3S/c1-2-3-12-22-18(21)14-6-8-15(9-7-14)19-17(20)11-10-16-5-4-13-23-16/h4-11,13H,2-3,12H2,1H3,(H,19,20)/b11-10+. The summed E-state index contributed by atoms with van der Waals surface area (Å²) >= 11 is 1.57. The number of esters is 1. The predicted octanol–water partition coefficient (Wildman–Crippen LogP) is 4.36. The molecule has 1 aromatic carbocycles. The molecule has 0 saturated heterocycles. The molecule has 2 aromatic rings. The van der Waals surface area contributed by atoms with E-state index in [1.807, 2.05) is 24.4 Å². The Morgan fingerprint density at radius 3 is 2.65 bits per heavy atom. The van der Waals surface area contributed by atoms with Crippen LogP contribution in [-0.2, 0) is 9.53 Å². The largest absolute Gasteiger partial charge is 0.462 e. The lowest BCUT2D eigenvalue weighted by atomic mass is 10.2. The number of nitrogens with one attached hydrogen (secondary N) is 1. The SMILES string of the molecule is CCCCOC(=O)c1ccc(NC(=O)/C=C/c2cccs2)cc1. The van der Waals surface area contributed by atoms with Crippen LogP contribution in [0, 0.1) is 0 Å². The van der Waals surface area contributed by atoms with Gasteiger partial charge in [0.15, 0.2) is 0 Å². The molecule has 1 aromatic heterocycles. The highest BCUT2D eigenvalue weighted by Gasteiger charge is 2.07. The molecule has 1 N–H and O–H groups in total. The van der Waals surface area contributed by atoms with Gasteiger partial charge in [0.05, 0.1) is 12.2 Å². The summed E-state index contributed by atoms with van der Waals surface area (Å²) in [5, 5.41) is 4.70. The number of carbonyl (C=O) groups excluding carboxylic acids is 2. The molecule has 120 valence electrons. The van der Waals surface area contributed by atoms with E-state index in [-0.39, 0.29) is 11.9 Å². The summed E-state index contributed by atoms with van der Waals surface area (Å²) in [7, 11) is 0. The number of thiophene rings is 1. The Kier molecular flexibility index (Phi) is 6.56. The average Bonchev–Trinajstić information content (AvgIpc) is 3.07. The van der Waals surface area contributed by atoms with E-state index in [0.29, 0.717) is 17.9 Å². The molecule has 1 heterocycles. The van der Waals surface area contributed by atoms with Crippen LogP contribution in [0.3, 0.4) is 0 Å². The first kappa shape index (κ1) is 17.0. The topological polar surface area (TPSA) is 55.4 Å². The maximum Gasteiger partial charge on any atom is 0.338 e. The van der Waals surface area contributed by atoms with Crippen molar-refractivity contribution < 1.29 is 14.3 Å². The Morgan fingerprint density at radius 2 is 2.00 bits per heavy atom. The van der Waals surface area contributed by atoms with Gasteiger partial charge in [-0.15, -0.1) is 11.3 Å². The number of amides is 1. The number of hydrogen-bond donors (Lipinski definition) is 1. The third-order valence-corrected chi connectivity index (χ3v) is 3.90. The molecule has 4 nitrogen and oxygen atoms in total.